The molecule has 202 valence electrons. The Labute approximate surface area is 227 Å². The number of benzene rings is 2. The van der Waals surface area contributed by atoms with Gasteiger partial charge in [-0.05, 0) is 68.1 Å². The molecule has 9 heteroatoms. The average Bonchev–Trinajstić information content (AvgIpc) is 3.53. The van der Waals surface area contributed by atoms with Gasteiger partial charge in [-0.25, -0.2) is 15.0 Å². The van der Waals surface area contributed by atoms with E-state index in [1.807, 2.05) is 73.3 Å². The third-order valence-corrected chi connectivity index (χ3v) is 7.06. The summed E-state index contributed by atoms with van der Waals surface area (Å²) in [5.41, 5.74) is 3.65. The summed E-state index contributed by atoms with van der Waals surface area (Å²) >= 11 is 0. The van der Waals surface area contributed by atoms with Crippen LogP contribution >= 0.6 is 0 Å². The molecule has 1 saturated heterocycles. The van der Waals surface area contributed by atoms with Crippen LogP contribution in [0.25, 0.3) is 11.5 Å². The molecular weight excluding hydrogens is 496 g/mol. The van der Waals surface area contributed by atoms with Crippen LogP contribution in [0.2, 0.25) is 0 Å². The normalized spacial score (nSPS) is 16.8. The lowest BCUT2D eigenvalue weighted by molar-refractivity contribution is -0.142. The molecule has 2 atom stereocenters. The maximum atomic E-state index is 12.0. The van der Waals surface area contributed by atoms with Crippen LogP contribution in [0.4, 0.5) is 5.95 Å². The van der Waals surface area contributed by atoms with E-state index >= 15 is 0 Å². The van der Waals surface area contributed by atoms with Gasteiger partial charge in [-0.1, -0.05) is 18.2 Å². The van der Waals surface area contributed by atoms with Crippen molar-refractivity contribution in [2.75, 3.05) is 31.7 Å². The summed E-state index contributed by atoms with van der Waals surface area (Å²) in [5, 5.41) is 9.82. The number of hydrogen-bond acceptors (Lipinski definition) is 8. The lowest BCUT2D eigenvalue weighted by Gasteiger charge is -2.16. The smallest absolute Gasteiger partial charge is 0.308 e. The van der Waals surface area contributed by atoms with Crippen LogP contribution in [-0.4, -0.2) is 52.8 Å². The number of aryl methyl sites for hydroxylation is 2. The summed E-state index contributed by atoms with van der Waals surface area (Å²) in [4.78, 5) is 27.4. The molecule has 0 unspecified atom stereocenters. The molecule has 0 aliphatic carbocycles. The Balaban J connectivity index is 1.16. The maximum absolute atomic E-state index is 12.0. The Morgan fingerprint density at radius 1 is 1.08 bits per heavy atom. The molecule has 0 spiro atoms. The number of carbonyl (C=O) groups is 1. The zero-order chi connectivity index (χ0) is 27.4. The first-order valence-electron chi connectivity index (χ1n) is 13.0. The number of nitrogens with zero attached hydrogens (tertiary/aromatic N) is 4. The molecule has 2 aromatic carbocycles. The largest absolute Gasteiger partial charge is 0.497 e. The minimum Gasteiger partial charge on any atom is -0.497 e. The number of anilines is 1. The van der Waals surface area contributed by atoms with Gasteiger partial charge in [0.2, 0.25) is 11.8 Å². The molecule has 0 radical (unpaired) electrons. The minimum atomic E-state index is -0.784. The number of aliphatic carboxylic acids is 1. The van der Waals surface area contributed by atoms with E-state index in [2.05, 4.69) is 15.0 Å². The van der Waals surface area contributed by atoms with Gasteiger partial charge in [-0.3, -0.25) is 4.79 Å². The summed E-state index contributed by atoms with van der Waals surface area (Å²) < 4.78 is 17.1. The Bertz CT molecular complexity index is 1440. The molecule has 2 aromatic heterocycles. The number of hydrogen-bond donors (Lipinski definition) is 1. The fourth-order valence-corrected chi connectivity index (χ4v) is 4.94. The van der Waals surface area contributed by atoms with Crippen molar-refractivity contribution in [3.8, 4) is 23.0 Å². The van der Waals surface area contributed by atoms with Gasteiger partial charge in [0, 0.05) is 37.0 Å². The number of carboxylic acid groups (broad SMARTS) is 1. The molecule has 1 N–H and O–H groups in total. The molecule has 0 amide bonds. The highest BCUT2D eigenvalue weighted by Crippen LogP contribution is 2.30. The van der Waals surface area contributed by atoms with Crippen LogP contribution in [0, 0.1) is 25.7 Å². The molecule has 39 heavy (non-hydrogen) atoms. The summed E-state index contributed by atoms with van der Waals surface area (Å²) in [6, 6.07) is 17.3. The summed E-state index contributed by atoms with van der Waals surface area (Å²) in [5.74, 6) is 2.12. The lowest BCUT2D eigenvalue weighted by atomic mass is 9.90. The van der Waals surface area contributed by atoms with Gasteiger partial charge in [0.1, 0.15) is 17.3 Å². The highest BCUT2D eigenvalue weighted by molar-refractivity contribution is 5.72. The van der Waals surface area contributed by atoms with Crippen LogP contribution in [0.1, 0.15) is 22.7 Å². The van der Waals surface area contributed by atoms with Crippen LogP contribution in [-0.2, 0) is 17.6 Å². The first-order chi connectivity index (χ1) is 18.9. The Morgan fingerprint density at radius 2 is 1.90 bits per heavy atom. The number of ether oxygens (including phenoxy) is 2. The second-order valence-electron chi connectivity index (χ2n) is 9.81. The molecule has 0 bridgehead atoms. The molecule has 0 saturated carbocycles. The van der Waals surface area contributed by atoms with E-state index in [9.17, 15) is 9.90 Å². The van der Waals surface area contributed by atoms with Crippen LogP contribution in [0.5, 0.6) is 11.5 Å². The van der Waals surface area contributed by atoms with E-state index in [1.54, 1.807) is 13.3 Å². The molecule has 1 fully saturated rings. The van der Waals surface area contributed by atoms with Crippen LogP contribution < -0.4 is 14.4 Å². The SMILES string of the molecule is COc1cccc(-c2nc(CCOc3ccc(C[C@@H]4CN(c5nccc(C)n5)C[C@@H]4C(=O)O)cc3)c(C)o2)c1. The molecule has 9 nitrogen and oxygen atoms in total. The van der Waals surface area contributed by atoms with Gasteiger partial charge < -0.3 is 23.9 Å². The summed E-state index contributed by atoms with van der Waals surface area (Å²) in [6.45, 7) is 5.28. The first kappa shape index (κ1) is 26.2. The van der Waals surface area contributed by atoms with Gasteiger partial charge in [0.25, 0.3) is 0 Å². The lowest BCUT2D eigenvalue weighted by Crippen LogP contribution is -2.25. The first-order valence-corrected chi connectivity index (χ1v) is 13.0. The quantitative estimate of drug-likeness (QED) is 0.311. The van der Waals surface area contributed by atoms with Gasteiger partial charge in [0.15, 0.2) is 0 Å². The monoisotopic (exact) mass is 528 g/mol. The minimum absolute atomic E-state index is 0.0349. The second-order valence-corrected chi connectivity index (χ2v) is 9.81. The number of aromatic nitrogens is 3. The number of methoxy groups -OCH3 is 1. The standard InChI is InChI=1S/C30H32N4O5/c1-19-11-13-31-30(32-19)34-17-23(26(18-34)29(35)36)15-21-7-9-24(10-8-21)38-14-12-27-20(2)39-28(33-27)22-5-4-6-25(16-22)37-3/h4-11,13,16,23,26H,12,14-15,17-18H2,1-3H3,(H,35,36)/t23-,26+/m1/s1. The van der Waals surface area contributed by atoms with Gasteiger partial charge in [0.05, 0.1) is 25.3 Å². The predicted octanol–water partition coefficient (Wildman–Crippen LogP) is 4.76. The van der Waals surface area contributed by atoms with Gasteiger partial charge >= 0.3 is 5.97 Å². The van der Waals surface area contributed by atoms with Crippen molar-refractivity contribution in [3.63, 3.8) is 0 Å². The third kappa shape index (κ3) is 6.19. The fraction of sp³-hybridized carbons (Fsp3) is 0.333. The Kier molecular flexibility index (Phi) is 7.76. The molecule has 1 aliphatic heterocycles. The predicted molar refractivity (Wildman–Crippen MR) is 146 cm³/mol. The summed E-state index contributed by atoms with van der Waals surface area (Å²) in [7, 11) is 1.63. The van der Waals surface area contributed by atoms with Crippen molar-refractivity contribution in [2.24, 2.45) is 11.8 Å². The highest BCUT2D eigenvalue weighted by atomic mass is 16.5. The molecule has 5 rings (SSSR count). The molecular formula is C30H32N4O5. The Morgan fingerprint density at radius 3 is 2.64 bits per heavy atom. The maximum Gasteiger partial charge on any atom is 0.308 e. The molecule has 3 heterocycles. The van der Waals surface area contributed by atoms with Crippen molar-refractivity contribution >= 4 is 11.9 Å². The third-order valence-electron chi connectivity index (χ3n) is 7.06. The fourth-order valence-electron chi connectivity index (χ4n) is 4.94. The van der Waals surface area contributed by atoms with E-state index < -0.39 is 11.9 Å². The van der Waals surface area contributed by atoms with Crippen molar-refractivity contribution in [1.29, 1.82) is 0 Å². The Hall–Kier alpha value is -4.40. The summed E-state index contributed by atoms with van der Waals surface area (Å²) in [6.07, 6.45) is 2.98. The molecule has 1 aliphatic rings. The van der Waals surface area contributed by atoms with E-state index in [0.717, 1.165) is 39.8 Å². The van der Waals surface area contributed by atoms with Crippen LogP contribution in [0.15, 0.2) is 65.2 Å². The van der Waals surface area contributed by atoms with Gasteiger partial charge in [-0.15, -0.1) is 0 Å². The molecule has 4 aromatic rings. The number of rotatable bonds is 10. The zero-order valence-electron chi connectivity index (χ0n) is 22.3. The average molecular weight is 529 g/mol. The highest BCUT2D eigenvalue weighted by Gasteiger charge is 2.38. The van der Waals surface area contributed by atoms with E-state index in [0.29, 0.717) is 44.4 Å². The van der Waals surface area contributed by atoms with E-state index in [1.165, 1.54) is 0 Å². The van der Waals surface area contributed by atoms with Crippen molar-refractivity contribution in [1.82, 2.24) is 15.0 Å². The van der Waals surface area contributed by atoms with Crippen LogP contribution in [0.3, 0.4) is 0 Å². The topological polar surface area (TPSA) is 111 Å². The van der Waals surface area contributed by atoms with Gasteiger partial charge in [-0.2, -0.15) is 0 Å². The van der Waals surface area contributed by atoms with Crippen molar-refractivity contribution in [2.45, 2.75) is 26.7 Å². The zero-order valence-corrected chi connectivity index (χ0v) is 22.3. The van der Waals surface area contributed by atoms with E-state index in [4.69, 9.17) is 13.9 Å². The number of oxazole rings is 1. The van der Waals surface area contributed by atoms with Crippen molar-refractivity contribution in [3.05, 3.63) is 83.5 Å². The number of carboxylic acids is 1. The second kappa shape index (κ2) is 11.6. The van der Waals surface area contributed by atoms with E-state index in [-0.39, 0.29) is 5.92 Å². The van der Waals surface area contributed by atoms with Crippen molar-refractivity contribution < 1.29 is 23.8 Å².